The van der Waals surface area contributed by atoms with Gasteiger partial charge < -0.3 is 15.6 Å². The molecule has 0 rings (SSSR count). The van der Waals surface area contributed by atoms with Crippen molar-refractivity contribution in [1.82, 2.24) is 0 Å². The van der Waals surface area contributed by atoms with Gasteiger partial charge >= 0.3 is 0 Å². The topological polar surface area (TPSA) is 55.5 Å². The first-order valence-corrected chi connectivity index (χ1v) is 4.87. The fraction of sp³-hybridized carbons (Fsp3) is 1.00. The molecule has 1 unspecified atom stereocenters. The predicted octanol–water partition coefficient (Wildman–Crippen LogP) is 1.15. The molecule has 0 spiro atoms. The molecule has 3 heteroatoms. The van der Waals surface area contributed by atoms with Gasteiger partial charge in [0.25, 0.3) is 0 Å². The Morgan fingerprint density at radius 2 is 1.85 bits per heavy atom. The fourth-order valence-corrected chi connectivity index (χ4v) is 0.967. The molecule has 0 saturated heterocycles. The Kier molecular flexibility index (Phi) is 4.89. The fourth-order valence-electron chi connectivity index (χ4n) is 0.967. The molecular weight excluding hydrogens is 166 g/mol. The highest BCUT2D eigenvalue weighted by Gasteiger charge is 2.38. The van der Waals surface area contributed by atoms with Crippen LogP contribution in [0, 0.1) is 5.41 Å². The minimum absolute atomic E-state index is 0.236. The number of rotatable bonds is 5. The third-order valence-corrected chi connectivity index (χ3v) is 2.42. The van der Waals surface area contributed by atoms with Gasteiger partial charge in [-0.05, 0) is 11.8 Å². The Balaban J connectivity index is 4.13. The van der Waals surface area contributed by atoms with Crippen LogP contribution < -0.4 is 5.73 Å². The Labute approximate surface area is 81.3 Å². The summed E-state index contributed by atoms with van der Waals surface area (Å²) in [7, 11) is 0. The second-order valence-electron chi connectivity index (χ2n) is 4.54. The summed E-state index contributed by atoms with van der Waals surface area (Å²) in [6.45, 7) is 9.18. The van der Waals surface area contributed by atoms with E-state index in [0.717, 1.165) is 6.42 Å². The highest BCUT2D eigenvalue weighted by molar-refractivity contribution is 4.91. The zero-order chi connectivity index (χ0) is 10.5. The lowest BCUT2D eigenvalue weighted by Gasteiger charge is -2.39. The van der Waals surface area contributed by atoms with Crippen LogP contribution in [0.1, 0.15) is 34.1 Å². The highest BCUT2D eigenvalue weighted by Crippen LogP contribution is 2.29. The summed E-state index contributed by atoms with van der Waals surface area (Å²) < 4.78 is 5.34. The van der Waals surface area contributed by atoms with E-state index in [2.05, 4.69) is 0 Å². The number of nitrogens with two attached hydrogens (primary N) is 1. The first-order chi connectivity index (χ1) is 5.87. The average molecular weight is 189 g/mol. The van der Waals surface area contributed by atoms with E-state index >= 15 is 0 Å². The Bertz CT molecular complexity index is 142. The number of ether oxygens (including phenoxy) is 1. The van der Waals surface area contributed by atoms with Gasteiger partial charge in [0, 0.05) is 13.2 Å². The molecular formula is C10H23NO2. The third kappa shape index (κ3) is 3.63. The molecule has 0 aromatic rings. The van der Waals surface area contributed by atoms with Gasteiger partial charge in [-0.15, -0.1) is 0 Å². The Morgan fingerprint density at radius 3 is 2.15 bits per heavy atom. The van der Waals surface area contributed by atoms with Crippen molar-refractivity contribution in [2.24, 2.45) is 11.1 Å². The minimum Gasteiger partial charge on any atom is -0.386 e. The molecule has 0 saturated carbocycles. The number of aliphatic hydroxyl groups is 1. The largest absolute Gasteiger partial charge is 0.386 e. The van der Waals surface area contributed by atoms with Crippen LogP contribution in [-0.4, -0.2) is 30.5 Å². The summed E-state index contributed by atoms with van der Waals surface area (Å²) in [4.78, 5) is 0. The molecule has 80 valence electrons. The number of hydrogen-bond donors (Lipinski definition) is 2. The molecule has 1 atom stereocenters. The standard InChI is InChI=1S/C10H23NO2/c1-5-6-13-8-10(12,7-11)9(2,3)4/h12H,5-8,11H2,1-4H3. The van der Waals surface area contributed by atoms with Gasteiger partial charge in [0.15, 0.2) is 0 Å². The molecule has 0 fully saturated rings. The second-order valence-corrected chi connectivity index (χ2v) is 4.54. The molecule has 3 N–H and O–H groups in total. The van der Waals surface area contributed by atoms with Gasteiger partial charge in [0.1, 0.15) is 5.60 Å². The van der Waals surface area contributed by atoms with Crippen molar-refractivity contribution < 1.29 is 9.84 Å². The van der Waals surface area contributed by atoms with Gasteiger partial charge in [0.05, 0.1) is 6.61 Å². The summed E-state index contributed by atoms with van der Waals surface area (Å²) in [5, 5.41) is 10.1. The van der Waals surface area contributed by atoms with E-state index in [1.165, 1.54) is 0 Å². The van der Waals surface area contributed by atoms with Crippen molar-refractivity contribution in [3.05, 3.63) is 0 Å². The molecule has 0 heterocycles. The third-order valence-electron chi connectivity index (χ3n) is 2.42. The van der Waals surface area contributed by atoms with E-state index in [4.69, 9.17) is 10.5 Å². The predicted molar refractivity (Wildman–Crippen MR) is 54.6 cm³/mol. The van der Waals surface area contributed by atoms with Crippen LogP contribution in [0.2, 0.25) is 0 Å². The second kappa shape index (κ2) is 4.94. The Hall–Kier alpha value is -0.120. The van der Waals surface area contributed by atoms with E-state index in [-0.39, 0.29) is 12.0 Å². The molecule has 0 aromatic carbocycles. The maximum atomic E-state index is 10.1. The summed E-state index contributed by atoms with van der Waals surface area (Å²) in [6.07, 6.45) is 0.963. The zero-order valence-corrected chi connectivity index (χ0v) is 9.26. The normalized spacial score (nSPS) is 17.1. The molecule has 0 amide bonds. The van der Waals surface area contributed by atoms with Crippen LogP contribution in [0.3, 0.4) is 0 Å². The van der Waals surface area contributed by atoms with Crippen molar-refractivity contribution in [1.29, 1.82) is 0 Å². The van der Waals surface area contributed by atoms with Gasteiger partial charge in [-0.2, -0.15) is 0 Å². The summed E-state index contributed by atoms with van der Waals surface area (Å²) >= 11 is 0. The van der Waals surface area contributed by atoms with Crippen LogP contribution >= 0.6 is 0 Å². The lowest BCUT2D eigenvalue weighted by atomic mass is 9.77. The maximum absolute atomic E-state index is 10.1. The van der Waals surface area contributed by atoms with Crippen molar-refractivity contribution >= 4 is 0 Å². The van der Waals surface area contributed by atoms with E-state index in [9.17, 15) is 5.11 Å². The smallest absolute Gasteiger partial charge is 0.105 e. The highest BCUT2D eigenvalue weighted by atomic mass is 16.5. The van der Waals surface area contributed by atoms with Crippen LogP contribution in [0.25, 0.3) is 0 Å². The number of hydrogen-bond acceptors (Lipinski definition) is 3. The first-order valence-electron chi connectivity index (χ1n) is 4.87. The molecule has 13 heavy (non-hydrogen) atoms. The van der Waals surface area contributed by atoms with E-state index < -0.39 is 5.60 Å². The molecule has 0 radical (unpaired) electrons. The van der Waals surface area contributed by atoms with E-state index in [1.807, 2.05) is 27.7 Å². The quantitative estimate of drug-likeness (QED) is 0.638. The van der Waals surface area contributed by atoms with Crippen molar-refractivity contribution in [3.8, 4) is 0 Å². The SMILES string of the molecule is CCCOCC(O)(CN)C(C)(C)C. The van der Waals surface area contributed by atoms with Crippen LogP contribution in [0.5, 0.6) is 0 Å². The van der Waals surface area contributed by atoms with Crippen LogP contribution in [0.4, 0.5) is 0 Å². The summed E-state index contributed by atoms with van der Waals surface area (Å²) in [6, 6.07) is 0. The van der Waals surface area contributed by atoms with Gasteiger partial charge in [-0.1, -0.05) is 27.7 Å². The molecule has 0 aliphatic heterocycles. The Morgan fingerprint density at radius 1 is 1.31 bits per heavy atom. The van der Waals surface area contributed by atoms with Crippen molar-refractivity contribution in [2.45, 2.75) is 39.7 Å². The minimum atomic E-state index is -0.915. The lowest BCUT2D eigenvalue weighted by Crippen LogP contribution is -2.52. The summed E-state index contributed by atoms with van der Waals surface area (Å²) in [5.41, 5.74) is 4.39. The van der Waals surface area contributed by atoms with E-state index in [0.29, 0.717) is 13.2 Å². The van der Waals surface area contributed by atoms with Gasteiger partial charge in [0.2, 0.25) is 0 Å². The average Bonchev–Trinajstić information content (AvgIpc) is 2.02. The molecule has 0 aromatic heterocycles. The van der Waals surface area contributed by atoms with Crippen molar-refractivity contribution in [3.63, 3.8) is 0 Å². The molecule has 0 bridgehead atoms. The molecule has 3 nitrogen and oxygen atoms in total. The van der Waals surface area contributed by atoms with Gasteiger partial charge in [-0.3, -0.25) is 0 Å². The van der Waals surface area contributed by atoms with Crippen molar-refractivity contribution in [2.75, 3.05) is 19.8 Å². The monoisotopic (exact) mass is 189 g/mol. The van der Waals surface area contributed by atoms with Gasteiger partial charge in [-0.25, -0.2) is 0 Å². The molecule has 0 aliphatic rings. The lowest BCUT2D eigenvalue weighted by molar-refractivity contribution is -0.106. The van der Waals surface area contributed by atoms with Crippen LogP contribution in [0.15, 0.2) is 0 Å². The maximum Gasteiger partial charge on any atom is 0.105 e. The van der Waals surface area contributed by atoms with Crippen LogP contribution in [-0.2, 0) is 4.74 Å². The summed E-state index contributed by atoms with van der Waals surface area (Å²) in [5.74, 6) is 0. The van der Waals surface area contributed by atoms with E-state index in [1.54, 1.807) is 0 Å². The first kappa shape index (κ1) is 12.9. The zero-order valence-electron chi connectivity index (χ0n) is 9.26. The molecule has 0 aliphatic carbocycles.